The minimum absolute atomic E-state index is 0.0274. The lowest BCUT2D eigenvalue weighted by Gasteiger charge is -2.39. The zero-order valence-electron chi connectivity index (χ0n) is 13.3. The number of carbonyl (C=O) groups is 1. The monoisotopic (exact) mass is 326 g/mol. The molecule has 122 valence electrons. The number of likely N-dealkylation sites (tertiary alicyclic amines) is 1. The topological polar surface area (TPSA) is 50.8 Å². The summed E-state index contributed by atoms with van der Waals surface area (Å²) < 4.78 is 11.1. The number of rotatable bonds is 6. The van der Waals surface area contributed by atoms with Crippen molar-refractivity contribution >= 4 is 17.6 Å². The molecular formula is C16H23ClN2O3. The van der Waals surface area contributed by atoms with Crippen molar-refractivity contribution in [2.45, 2.75) is 32.0 Å². The Morgan fingerprint density at radius 2 is 2.18 bits per heavy atom. The molecule has 0 atom stereocenters. The van der Waals surface area contributed by atoms with Crippen LogP contribution >= 0.6 is 11.6 Å². The molecule has 1 aliphatic rings. The quantitative estimate of drug-likeness (QED) is 0.874. The second-order valence-corrected chi connectivity index (χ2v) is 6.48. The predicted octanol–water partition coefficient (Wildman–Crippen LogP) is 2.93. The first-order chi connectivity index (χ1) is 10.4. The highest BCUT2D eigenvalue weighted by molar-refractivity contribution is 6.30. The zero-order chi connectivity index (χ0) is 16.2. The molecule has 0 radical (unpaired) electrons. The van der Waals surface area contributed by atoms with E-state index in [1.807, 2.05) is 26.0 Å². The highest BCUT2D eigenvalue weighted by Crippen LogP contribution is 2.21. The minimum Gasteiger partial charge on any atom is -0.487 e. The van der Waals surface area contributed by atoms with E-state index < -0.39 is 0 Å². The smallest absolute Gasteiger partial charge is 0.317 e. The average molecular weight is 327 g/mol. The third-order valence-electron chi connectivity index (χ3n) is 3.79. The molecule has 0 spiro atoms. The first-order valence-electron chi connectivity index (χ1n) is 7.40. The van der Waals surface area contributed by atoms with E-state index >= 15 is 0 Å². The average Bonchev–Trinajstić information content (AvgIpc) is 2.42. The van der Waals surface area contributed by atoms with Crippen molar-refractivity contribution < 1.29 is 14.3 Å². The van der Waals surface area contributed by atoms with Crippen molar-refractivity contribution in [1.29, 1.82) is 0 Å². The van der Waals surface area contributed by atoms with E-state index in [-0.39, 0.29) is 17.7 Å². The largest absolute Gasteiger partial charge is 0.487 e. The number of carbonyl (C=O) groups excluding carboxylic acids is 1. The Morgan fingerprint density at radius 1 is 1.45 bits per heavy atom. The Morgan fingerprint density at radius 3 is 2.82 bits per heavy atom. The van der Waals surface area contributed by atoms with Crippen LogP contribution in [0.1, 0.15) is 20.3 Å². The number of nitrogens with one attached hydrogen (secondary N) is 1. The van der Waals surface area contributed by atoms with Crippen molar-refractivity contribution in [3.63, 3.8) is 0 Å². The molecule has 1 aromatic carbocycles. The van der Waals surface area contributed by atoms with E-state index in [1.165, 1.54) is 0 Å². The van der Waals surface area contributed by atoms with E-state index in [1.54, 1.807) is 24.1 Å². The lowest BCUT2D eigenvalue weighted by molar-refractivity contribution is 0.0147. The Labute approximate surface area is 136 Å². The number of urea groups is 1. The van der Waals surface area contributed by atoms with Gasteiger partial charge < -0.3 is 19.7 Å². The van der Waals surface area contributed by atoms with E-state index in [9.17, 15) is 4.79 Å². The van der Waals surface area contributed by atoms with Gasteiger partial charge in [0, 0.05) is 18.7 Å². The third-order valence-corrected chi connectivity index (χ3v) is 4.03. The molecule has 2 rings (SSSR count). The first-order valence-corrected chi connectivity index (χ1v) is 7.77. The fourth-order valence-corrected chi connectivity index (χ4v) is 2.28. The van der Waals surface area contributed by atoms with E-state index in [0.29, 0.717) is 24.7 Å². The van der Waals surface area contributed by atoms with Crippen LogP contribution in [0.2, 0.25) is 5.02 Å². The van der Waals surface area contributed by atoms with Gasteiger partial charge in [-0.05, 0) is 38.5 Å². The number of nitrogens with zero attached hydrogens (tertiary/aromatic N) is 1. The number of hydrogen-bond acceptors (Lipinski definition) is 3. The van der Waals surface area contributed by atoms with Gasteiger partial charge in [0.25, 0.3) is 0 Å². The summed E-state index contributed by atoms with van der Waals surface area (Å²) in [6.07, 6.45) is 0.797. The Balaban J connectivity index is 1.67. The lowest BCUT2D eigenvalue weighted by Crippen LogP contribution is -2.59. The molecule has 2 amide bonds. The van der Waals surface area contributed by atoms with Gasteiger partial charge in [0.15, 0.2) is 0 Å². The SMILES string of the molecule is COC(C)(C)CCNC(=O)N1CC(Oc2cccc(Cl)c2)C1. The molecule has 0 aromatic heterocycles. The fraction of sp³-hybridized carbons (Fsp3) is 0.562. The molecular weight excluding hydrogens is 304 g/mol. The summed E-state index contributed by atoms with van der Waals surface area (Å²) >= 11 is 5.91. The van der Waals surface area contributed by atoms with Gasteiger partial charge in [-0.3, -0.25) is 0 Å². The van der Waals surface area contributed by atoms with Gasteiger partial charge >= 0.3 is 6.03 Å². The fourth-order valence-electron chi connectivity index (χ4n) is 2.10. The van der Waals surface area contributed by atoms with Crippen molar-refractivity contribution in [1.82, 2.24) is 10.2 Å². The van der Waals surface area contributed by atoms with Gasteiger partial charge in [0.2, 0.25) is 0 Å². The number of methoxy groups -OCH3 is 1. The molecule has 0 saturated carbocycles. The van der Waals surface area contributed by atoms with Crippen molar-refractivity contribution in [2.24, 2.45) is 0 Å². The van der Waals surface area contributed by atoms with Crippen LogP contribution in [0, 0.1) is 0 Å². The van der Waals surface area contributed by atoms with Crippen LogP contribution in [-0.4, -0.2) is 49.4 Å². The van der Waals surface area contributed by atoms with Gasteiger partial charge in [-0.2, -0.15) is 0 Å². The number of benzene rings is 1. The van der Waals surface area contributed by atoms with Crippen LogP contribution < -0.4 is 10.1 Å². The Bertz CT molecular complexity index is 516. The zero-order valence-corrected chi connectivity index (χ0v) is 14.0. The summed E-state index contributed by atoms with van der Waals surface area (Å²) in [5.74, 6) is 0.736. The van der Waals surface area contributed by atoms with Gasteiger partial charge in [0.1, 0.15) is 11.9 Å². The molecule has 1 aromatic rings. The minimum atomic E-state index is -0.222. The predicted molar refractivity (Wildman–Crippen MR) is 86.5 cm³/mol. The van der Waals surface area contributed by atoms with Crippen LogP contribution in [0.15, 0.2) is 24.3 Å². The van der Waals surface area contributed by atoms with Crippen molar-refractivity contribution in [3.8, 4) is 5.75 Å². The molecule has 1 N–H and O–H groups in total. The van der Waals surface area contributed by atoms with Gasteiger partial charge in [-0.1, -0.05) is 17.7 Å². The summed E-state index contributed by atoms with van der Waals surface area (Å²) in [5.41, 5.74) is -0.222. The molecule has 5 nitrogen and oxygen atoms in total. The third kappa shape index (κ3) is 4.78. The van der Waals surface area contributed by atoms with Gasteiger partial charge in [0.05, 0.1) is 18.7 Å². The van der Waals surface area contributed by atoms with Crippen LogP contribution in [0.3, 0.4) is 0 Å². The van der Waals surface area contributed by atoms with Crippen LogP contribution in [-0.2, 0) is 4.74 Å². The summed E-state index contributed by atoms with van der Waals surface area (Å²) in [6.45, 7) is 5.77. The molecule has 0 unspecified atom stereocenters. The summed E-state index contributed by atoms with van der Waals surface area (Å²) in [5, 5.41) is 3.54. The second kappa shape index (κ2) is 7.20. The van der Waals surface area contributed by atoms with Gasteiger partial charge in [-0.25, -0.2) is 4.79 Å². The summed E-state index contributed by atoms with van der Waals surface area (Å²) in [7, 11) is 1.68. The molecule has 1 heterocycles. The maximum Gasteiger partial charge on any atom is 0.317 e. The normalized spacial score (nSPS) is 15.4. The summed E-state index contributed by atoms with van der Waals surface area (Å²) in [6, 6.07) is 7.23. The van der Waals surface area contributed by atoms with Crippen LogP contribution in [0.4, 0.5) is 4.79 Å². The van der Waals surface area contributed by atoms with Crippen LogP contribution in [0.5, 0.6) is 5.75 Å². The summed E-state index contributed by atoms with van der Waals surface area (Å²) in [4.78, 5) is 13.7. The number of halogens is 1. The number of hydrogen-bond donors (Lipinski definition) is 1. The van der Waals surface area contributed by atoms with Gasteiger partial charge in [-0.15, -0.1) is 0 Å². The maximum atomic E-state index is 11.9. The standard InChI is InChI=1S/C16H23ClN2O3/c1-16(2,21-3)7-8-18-15(20)19-10-14(11-19)22-13-6-4-5-12(17)9-13/h4-6,9,14H,7-8,10-11H2,1-3H3,(H,18,20). The maximum absolute atomic E-state index is 11.9. The second-order valence-electron chi connectivity index (χ2n) is 6.05. The molecule has 0 bridgehead atoms. The number of amides is 2. The van der Waals surface area contributed by atoms with Crippen molar-refractivity contribution in [3.05, 3.63) is 29.3 Å². The molecule has 1 aliphatic heterocycles. The van der Waals surface area contributed by atoms with E-state index in [0.717, 1.165) is 12.2 Å². The van der Waals surface area contributed by atoms with E-state index in [2.05, 4.69) is 5.32 Å². The Kier molecular flexibility index (Phi) is 5.53. The number of ether oxygens (including phenoxy) is 2. The molecule has 22 heavy (non-hydrogen) atoms. The lowest BCUT2D eigenvalue weighted by atomic mass is 10.1. The van der Waals surface area contributed by atoms with Crippen LogP contribution in [0.25, 0.3) is 0 Å². The molecule has 0 aliphatic carbocycles. The Hall–Kier alpha value is -1.46. The highest BCUT2D eigenvalue weighted by atomic mass is 35.5. The highest BCUT2D eigenvalue weighted by Gasteiger charge is 2.32. The van der Waals surface area contributed by atoms with E-state index in [4.69, 9.17) is 21.1 Å². The molecule has 1 fully saturated rings. The molecule has 6 heteroatoms. The van der Waals surface area contributed by atoms with Crippen molar-refractivity contribution in [2.75, 3.05) is 26.7 Å². The molecule has 1 saturated heterocycles. The first kappa shape index (κ1) is 16.9.